The molecule has 0 fully saturated rings. The molecule has 0 aliphatic heterocycles. The Kier molecular flexibility index (Phi) is 8.54. The van der Waals surface area contributed by atoms with E-state index >= 15 is 0 Å². The zero-order valence-electron chi connectivity index (χ0n) is 9.17. The average Bonchev–Trinajstić information content (AvgIpc) is 2.21. The van der Waals surface area contributed by atoms with Crippen LogP contribution in [-0.2, 0) is 4.79 Å². The van der Waals surface area contributed by atoms with Crippen LogP contribution < -0.4 is 0 Å². The summed E-state index contributed by atoms with van der Waals surface area (Å²) in [5, 5.41) is 9.16. The largest absolute Gasteiger partial charge is 0.389 e. The second-order valence-electron chi connectivity index (χ2n) is 3.69. The van der Waals surface area contributed by atoms with Gasteiger partial charge in [-0.05, 0) is 19.3 Å². The van der Waals surface area contributed by atoms with Crippen LogP contribution in [0.2, 0.25) is 0 Å². The van der Waals surface area contributed by atoms with E-state index in [1.165, 1.54) is 0 Å². The van der Waals surface area contributed by atoms with E-state index in [2.05, 4.69) is 13.5 Å². The monoisotopic (exact) mass is 198 g/mol. The molecule has 0 rings (SSSR count). The molecule has 0 aromatic carbocycles. The van der Waals surface area contributed by atoms with Crippen LogP contribution in [0.4, 0.5) is 0 Å². The number of hydrogen-bond donors (Lipinski definition) is 1. The van der Waals surface area contributed by atoms with Crippen molar-refractivity contribution in [2.24, 2.45) is 0 Å². The molecule has 1 unspecified atom stereocenters. The lowest BCUT2D eigenvalue weighted by Gasteiger charge is -2.04. The number of carbonyl (C=O) groups is 1. The first kappa shape index (κ1) is 13.4. The summed E-state index contributed by atoms with van der Waals surface area (Å²) in [6, 6.07) is 0. The van der Waals surface area contributed by atoms with E-state index in [9.17, 15) is 4.79 Å². The highest BCUT2D eigenvalue weighted by Gasteiger charge is 2.02. The summed E-state index contributed by atoms with van der Waals surface area (Å²) in [7, 11) is 0. The number of Topliss-reactive ketones (excluding diaryl/α,β-unsaturated/α-hetero) is 1. The van der Waals surface area contributed by atoms with Gasteiger partial charge in [0.15, 0.2) is 0 Å². The number of unbranched alkanes of at least 4 members (excludes halogenated alkanes) is 2. The Bertz CT molecular complexity index is 164. The number of aliphatic hydroxyl groups excluding tert-OH is 1. The number of ketones is 1. The number of aliphatic hydroxyl groups is 1. The Hall–Kier alpha value is -0.630. The second-order valence-corrected chi connectivity index (χ2v) is 3.69. The van der Waals surface area contributed by atoms with Gasteiger partial charge in [-0.2, -0.15) is 0 Å². The molecule has 0 saturated carbocycles. The maximum atomic E-state index is 11.2. The van der Waals surface area contributed by atoms with E-state index in [0.29, 0.717) is 12.2 Å². The second kappa shape index (κ2) is 8.95. The first-order valence-corrected chi connectivity index (χ1v) is 5.53. The summed E-state index contributed by atoms with van der Waals surface area (Å²) in [6.45, 7) is 5.59. The topological polar surface area (TPSA) is 37.3 Å². The molecule has 1 atom stereocenters. The van der Waals surface area contributed by atoms with Crippen molar-refractivity contribution < 1.29 is 9.90 Å². The van der Waals surface area contributed by atoms with Gasteiger partial charge in [0.05, 0.1) is 6.10 Å². The summed E-state index contributed by atoms with van der Waals surface area (Å²) >= 11 is 0. The SMILES string of the molecule is C=CC(O)CCCCC(=O)CCCC. The molecule has 14 heavy (non-hydrogen) atoms. The molecule has 0 bridgehead atoms. The molecular weight excluding hydrogens is 176 g/mol. The third kappa shape index (κ3) is 7.99. The summed E-state index contributed by atoms with van der Waals surface area (Å²) in [4.78, 5) is 11.2. The Labute approximate surface area is 87.0 Å². The number of carbonyl (C=O) groups excluding carboxylic acids is 1. The van der Waals surface area contributed by atoms with E-state index in [0.717, 1.165) is 38.5 Å². The predicted octanol–water partition coefficient (Wildman–Crippen LogP) is 2.85. The highest BCUT2D eigenvalue weighted by atomic mass is 16.3. The van der Waals surface area contributed by atoms with E-state index in [1.54, 1.807) is 6.08 Å². The lowest BCUT2D eigenvalue weighted by molar-refractivity contribution is -0.119. The number of hydrogen-bond acceptors (Lipinski definition) is 2. The van der Waals surface area contributed by atoms with Gasteiger partial charge >= 0.3 is 0 Å². The van der Waals surface area contributed by atoms with E-state index in [1.807, 2.05) is 0 Å². The fraction of sp³-hybridized carbons (Fsp3) is 0.750. The van der Waals surface area contributed by atoms with Crippen LogP contribution in [-0.4, -0.2) is 17.0 Å². The zero-order valence-corrected chi connectivity index (χ0v) is 9.17. The Morgan fingerprint density at radius 2 is 2.00 bits per heavy atom. The van der Waals surface area contributed by atoms with Crippen molar-refractivity contribution in [2.75, 3.05) is 0 Å². The minimum Gasteiger partial charge on any atom is -0.389 e. The first-order chi connectivity index (χ1) is 6.70. The van der Waals surface area contributed by atoms with Crippen LogP contribution in [0.3, 0.4) is 0 Å². The molecule has 0 aliphatic rings. The van der Waals surface area contributed by atoms with Crippen molar-refractivity contribution >= 4 is 5.78 Å². The molecule has 2 nitrogen and oxygen atoms in total. The zero-order chi connectivity index (χ0) is 10.8. The third-order valence-corrected chi connectivity index (χ3v) is 2.29. The molecule has 0 amide bonds. The van der Waals surface area contributed by atoms with Crippen LogP contribution in [0, 0.1) is 0 Å². The summed E-state index contributed by atoms with van der Waals surface area (Å²) in [5.41, 5.74) is 0. The van der Waals surface area contributed by atoms with Crippen LogP contribution in [0.15, 0.2) is 12.7 Å². The van der Waals surface area contributed by atoms with Crippen LogP contribution in [0.1, 0.15) is 51.9 Å². The molecule has 0 heterocycles. The number of rotatable bonds is 9. The van der Waals surface area contributed by atoms with Gasteiger partial charge in [-0.1, -0.05) is 25.8 Å². The van der Waals surface area contributed by atoms with Gasteiger partial charge in [0.1, 0.15) is 5.78 Å². The highest BCUT2D eigenvalue weighted by molar-refractivity contribution is 5.78. The molecule has 0 radical (unpaired) electrons. The van der Waals surface area contributed by atoms with Crippen LogP contribution in [0.5, 0.6) is 0 Å². The molecule has 0 aromatic heterocycles. The molecule has 0 aromatic rings. The molecule has 0 aliphatic carbocycles. The van der Waals surface area contributed by atoms with Gasteiger partial charge in [-0.25, -0.2) is 0 Å². The molecule has 82 valence electrons. The minimum atomic E-state index is -0.402. The maximum Gasteiger partial charge on any atom is 0.132 e. The van der Waals surface area contributed by atoms with Crippen molar-refractivity contribution in [2.45, 2.75) is 58.0 Å². The average molecular weight is 198 g/mol. The Morgan fingerprint density at radius 1 is 1.36 bits per heavy atom. The van der Waals surface area contributed by atoms with Gasteiger partial charge in [-0.3, -0.25) is 4.79 Å². The quantitative estimate of drug-likeness (QED) is 0.457. The van der Waals surface area contributed by atoms with Crippen molar-refractivity contribution in [3.05, 3.63) is 12.7 Å². The molecule has 0 saturated heterocycles. The predicted molar refractivity (Wildman–Crippen MR) is 59.2 cm³/mol. The van der Waals surface area contributed by atoms with Crippen molar-refractivity contribution in [1.82, 2.24) is 0 Å². The molecule has 0 spiro atoms. The van der Waals surface area contributed by atoms with Gasteiger partial charge in [0, 0.05) is 12.8 Å². The molecular formula is C12H22O2. The summed E-state index contributed by atoms with van der Waals surface area (Å²) in [5.74, 6) is 0.361. The Morgan fingerprint density at radius 3 is 2.57 bits per heavy atom. The normalized spacial score (nSPS) is 12.4. The van der Waals surface area contributed by atoms with E-state index in [4.69, 9.17) is 5.11 Å². The fourth-order valence-electron chi connectivity index (χ4n) is 1.29. The van der Waals surface area contributed by atoms with Crippen LogP contribution in [0.25, 0.3) is 0 Å². The Balaban J connectivity index is 3.26. The van der Waals surface area contributed by atoms with E-state index < -0.39 is 6.10 Å². The van der Waals surface area contributed by atoms with Gasteiger partial charge in [0.25, 0.3) is 0 Å². The van der Waals surface area contributed by atoms with Gasteiger partial charge < -0.3 is 5.11 Å². The fourth-order valence-corrected chi connectivity index (χ4v) is 1.29. The van der Waals surface area contributed by atoms with Crippen molar-refractivity contribution in [1.29, 1.82) is 0 Å². The van der Waals surface area contributed by atoms with E-state index in [-0.39, 0.29) is 0 Å². The highest BCUT2D eigenvalue weighted by Crippen LogP contribution is 2.07. The summed E-state index contributed by atoms with van der Waals surface area (Å²) < 4.78 is 0. The van der Waals surface area contributed by atoms with Gasteiger partial charge in [0.2, 0.25) is 0 Å². The van der Waals surface area contributed by atoms with Crippen molar-refractivity contribution in [3.63, 3.8) is 0 Å². The molecule has 2 heteroatoms. The van der Waals surface area contributed by atoms with Gasteiger partial charge in [-0.15, -0.1) is 6.58 Å². The first-order valence-electron chi connectivity index (χ1n) is 5.53. The van der Waals surface area contributed by atoms with Crippen LogP contribution >= 0.6 is 0 Å². The maximum absolute atomic E-state index is 11.2. The lowest BCUT2D eigenvalue weighted by Crippen LogP contribution is -2.02. The lowest BCUT2D eigenvalue weighted by atomic mass is 10.1. The standard InChI is InChI=1S/C12H22O2/c1-3-5-8-12(14)10-7-6-9-11(13)4-2/h4,11,13H,2-3,5-10H2,1H3. The van der Waals surface area contributed by atoms with Crippen molar-refractivity contribution in [3.8, 4) is 0 Å². The summed E-state index contributed by atoms with van der Waals surface area (Å²) in [6.07, 6.45) is 7.15. The molecule has 1 N–H and O–H groups in total. The minimum absolute atomic E-state index is 0.361. The third-order valence-electron chi connectivity index (χ3n) is 2.29. The smallest absolute Gasteiger partial charge is 0.132 e.